The SMILES string of the molecule is C=C(/C=C(\N=CC)C(=O)NC(C)C(C)=N/C=C(\C)C(=O)Nc1cc(C(F)(F)F)c(O)cn1)N1CCC(=NO)CC1. The number of hydrogen-bond acceptors (Lipinski definition) is 9. The van der Waals surface area contributed by atoms with Gasteiger partial charge in [-0.2, -0.15) is 13.2 Å². The largest absolute Gasteiger partial charge is 0.506 e. The molecule has 11 nitrogen and oxygen atoms in total. The van der Waals surface area contributed by atoms with Crippen LogP contribution in [0.15, 0.2) is 63.2 Å². The van der Waals surface area contributed by atoms with E-state index in [1.165, 1.54) is 19.3 Å². The highest BCUT2D eigenvalue weighted by atomic mass is 19.4. The molecule has 4 N–H and O–H groups in total. The summed E-state index contributed by atoms with van der Waals surface area (Å²) in [6, 6.07) is -0.0355. The lowest BCUT2D eigenvalue weighted by Crippen LogP contribution is -2.38. The smallest absolute Gasteiger partial charge is 0.420 e. The van der Waals surface area contributed by atoms with Crippen molar-refractivity contribution in [3.05, 3.63) is 53.6 Å². The lowest BCUT2D eigenvalue weighted by atomic mass is 10.1. The minimum atomic E-state index is -4.82. The number of nitrogens with zero attached hydrogens (tertiary/aromatic N) is 5. The molecule has 1 atom stereocenters. The number of carbonyl (C=O) groups excluding carboxylic acids is 2. The molecular weight excluding hydrogens is 531 g/mol. The van der Waals surface area contributed by atoms with E-state index in [2.05, 4.69) is 37.3 Å². The van der Waals surface area contributed by atoms with E-state index in [9.17, 15) is 27.9 Å². The van der Waals surface area contributed by atoms with Crippen LogP contribution in [0.4, 0.5) is 19.0 Å². The molecule has 40 heavy (non-hydrogen) atoms. The first-order valence-electron chi connectivity index (χ1n) is 12.2. The van der Waals surface area contributed by atoms with Gasteiger partial charge in [0.1, 0.15) is 22.8 Å². The second-order valence-corrected chi connectivity index (χ2v) is 8.88. The number of oxime groups is 1. The van der Waals surface area contributed by atoms with Crippen molar-refractivity contribution in [3.63, 3.8) is 0 Å². The summed E-state index contributed by atoms with van der Waals surface area (Å²) in [6.45, 7) is 11.6. The molecule has 0 saturated carbocycles. The summed E-state index contributed by atoms with van der Waals surface area (Å²) >= 11 is 0. The zero-order valence-corrected chi connectivity index (χ0v) is 22.6. The van der Waals surface area contributed by atoms with Crippen LogP contribution in [0, 0.1) is 0 Å². The molecule has 1 fully saturated rings. The number of amides is 2. The van der Waals surface area contributed by atoms with E-state index in [4.69, 9.17) is 5.21 Å². The third kappa shape index (κ3) is 9.06. The van der Waals surface area contributed by atoms with Gasteiger partial charge in [-0.3, -0.25) is 19.6 Å². The molecule has 2 amide bonds. The fraction of sp³-hybridized carbons (Fsp3) is 0.385. The summed E-state index contributed by atoms with van der Waals surface area (Å²) in [6.07, 6.45) is 1.19. The van der Waals surface area contributed by atoms with E-state index < -0.39 is 41.2 Å². The van der Waals surface area contributed by atoms with E-state index in [-0.39, 0.29) is 11.3 Å². The van der Waals surface area contributed by atoms with Crippen molar-refractivity contribution in [1.82, 2.24) is 15.2 Å². The van der Waals surface area contributed by atoms with Gasteiger partial charge in [-0.15, -0.1) is 0 Å². The van der Waals surface area contributed by atoms with Gasteiger partial charge in [0.15, 0.2) is 0 Å². The summed E-state index contributed by atoms with van der Waals surface area (Å²) in [4.78, 5) is 39.2. The number of hydrogen-bond donors (Lipinski definition) is 4. The average molecular weight is 564 g/mol. The summed E-state index contributed by atoms with van der Waals surface area (Å²) in [5.41, 5.74) is 0.581. The van der Waals surface area contributed by atoms with Crippen molar-refractivity contribution in [3.8, 4) is 5.75 Å². The van der Waals surface area contributed by atoms with E-state index in [1.54, 1.807) is 26.8 Å². The van der Waals surface area contributed by atoms with Crippen molar-refractivity contribution in [2.75, 3.05) is 18.4 Å². The number of piperidine rings is 1. The Morgan fingerprint density at radius 2 is 1.88 bits per heavy atom. The van der Waals surface area contributed by atoms with Crippen molar-refractivity contribution < 1.29 is 33.1 Å². The van der Waals surface area contributed by atoms with Crippen LogP contribution in [-0.2, 0) is 15.8 Å². The number of allylic oxidation sites excluding steroid dienone is 1. The van der Waals surface area contributed by atoms with E-state index in [1.807, 2.05) is 4.90 Å². The molecule has 2 heterocycles. The molecule has 0 radical (unpaired) electrons. The summed E-state index contributed by atoms with van der Waals surface area (Å²) < 4.78 is 38.9. The van der Waals surface area contributed by atoms with Crippen LogP contribution in [0.3, 0.4) is 0 Å². The summed E-state index contributed by atoms with van der Waals surface area (Å²) in [7, 11) is 0. The number of rotatable bonds is 9. The van der Waals surface area contributed by atoms with Crippen LogP contribution in [0.2, 0.25) is 0 Å². The van der Waals surface area contributed by atoms with Crippen molar-refractivity contribution in [2.24, 2.45) is 15.1 Å². The normalized spacial score (nSPS) is 16.1. The predicted octanol–water partition coefficient (Wildman–Crippen LogP) is 4.03. The maximum Gasteiger partial charge on any atom is 0.420 e. The molecule has 0 aromatic carbocycles. The van der Waals surface area contributed by atoms with Gasteiger partial charge in [0.25, 0.3) is 11.8 Å². The van der Waals surface area contributed by atoms with Crippen LogP contribution in [0.1, 0.15) is 46.1 Å². The fourth-order valence-corrected chi connectivity index (χ4v) is 3.40. The number of halogens is 3. The first-order valence-corrected chi connectivity index (χ1v) is 12.2. The van der Waals surface area contributed by atoms with Gasteiger partial charge in [-0.25, -0.2) is 4.98 Å². The first-order chi connectivity index (χ1) is 18.8. The van der Waals surface area contributed by atoms with Crippen molar-refractivity contribution in [1.29, 1.82) is 0 Å². The lowest BCUT2D eigenvalue weighted by Gasteiger charge is -2.29. The highest BCUT2D eigenvalue weighted by molar-refractivity contribution is 6.03. The van der Waals surface area contributed by atoms with Gasteiger partial charge in [-0.1, -0.05) is 11.7 Å². The molecule has 0 spiro atoms. The molecule has 1 unspecified atom stereocenters. The number of aromatic hydroxyl groups is 1. The Morgan fingerprint density at radius 3 is 2.45 bits per heavy atom. The Labute approximate surface area is 229 Å². The molecule has 14 heteroatoms. The van der Waals surface area contributed by atoms with Gasteiger partial charge in [0.05, 0.1) is 18.0 Å². The summed E-state index contributed by atoms with van der Waals surface area (Å²) in [5, 5.41) is 26.5. The standard InChI is InChI=1S/C26H32F3N7O4/c1-6-30-21(11-16(3)36-9-7-19(35-40)8-10-36)25(39)33-18(5)17(4)31-13-15(2)24(38)34-23-12-20(26(27,28)29)22(37)14-32-23/h6,11-14,18,37,40H,3,7-10H2,1-2,4-5H3,(H,33,39)(H,32,34,38)/b15-13+,21-11-,30-6?,31-17?. The number of anilines is 1. The molecule has 1 aliphatic heterocycles. The van der Waals surface area contributed by atoms with Crippen LogP contribution in [0.25, 0.3) is 0 Å². The van der Waals surface area contributed by atoms with E-state index in [0.29, 0.717) is 55.3 Å². The minimum absolute atomic E-state index is 0.0599. The quantitative estimate of drug-likeness (QED) is 0.117. The van der Waals surface area contributed by atoms with Crippen molar-refractivity contribution in [2.45, 2.75) is 52.8 Å². The number of likely N-dealkylation sites (tertiary alicyclic amines) is 1. The molecule has 1 aromatic rings. The third-order valence-electron chi connectivity index (χ3n) is 5.92. The second kappa shape index (κ2) is 14.1. The molecule has 0 bridgehead atoms. The number of alkyl halides is 3. The van der Waals surface area contributed by atoms with Gasteiger partial charge < -0.3 is 25.8 Å². The molecule has 1 aliphatic rings. The van der Waals surface area contributed by atoms with Gasteiger partial charge in [0.2, 0.25) is 0 Å². The topological polar surface area (TPSA) is 152 Å². The highest BCUT2D eigenvalue weighted by Crippen LogP contribution is 2.36. The number of aromatic nitrogens is 1. The van der Waals surface area contributed by atoms with Crippen LogP contribution in [-0.4, -0.2) is 68.8 Å². The Hall–Kier alpha value is -4.49. The zero-order valence-electron chi connectivity index (χ0n) is 22.6. The number of aliphatic imine (C=N–C) groups is 2. The zero-order chi connectivity index (χ0) is 30.0. The maximum absolute atomic E-state index is 13.0. The Balaban J connectivity index is 2.05. The Bertz CT molecular complexity index is 1270. The molecule has 2 rings (SSSR count). The molecule has 1 aromatic heterocycles. The monoisotopic (exact) mass is 563 g/mol. The number of nitrogens with one attached hydrogen (secondary N) is 2. The molecule has 0 aliphatic carbocycles. The van der Waals surface area contributed by atoms with Crippen LogP contribution < -0.4 is 10.6 Å². The summed E-state index contributed by atoms with van der Waals surface area (Å²) in [5.74, 6) is -2.68. The fourth-order valence-electron chi connectivity index (χ4n) is 3.40. The minimum Gasteiger partial charge on any atom is -0.506 e. The van der Waals surface area contributed by atoms with Gasteiger partial charge in [0, 0.05) is 55.3 Å². The van der Waals surface area contributed by atoms with Crippen LogP contribution >= 0.6 is 0 Å². The van der Waals surface area contributed by atoms with E-state index >= 15 is 0 Å². The van der Waals surface area contributed by atoms with Gasteiger partial charge in [-0.05, 0) is 39.8 Å². The lowest BCUT2D eigenvalue weighted by molar-refractivity contribution is -0.138. The van der Waals surface area contributed by atoms with Crippen LogP contribution in [0.5, 0.6) is 5.75 Å². The Morgan fingerprint density at radius 1 is 1.23 bits per heavy atom. The average Bonchev–Trinajstić information content (AvgIpc) is 2.91. The third-order valence-corrected chi connectivity index (χ3v) is 5.92. The highest BCUT2D eigenvalue weighted by Gasteiger charge is 2.34. The Kier molecular flexibility index (Phi) is 11.1. The van der Waals surface area contributed by atoms with E-state index in [0.717, 1.165) is 0 Å². The second-order valence-electron chi connectivity index (χ2n) is 8.88. The molecule has 216 valence electrons. The molecule has 1 saturated heterocycles. The van der Waals surface area contributed by atoms with Gasteiger partial charge >= 0.3 is 6.18 Å². The van der Waals surface area contributed by atoms with Crippen molar-refractivity contribution >= 4 is 35.3 Å². The first kappa shape index (κ1) is 31.7. The molecular formula is C26H32F3N7O4. The predicted molar refractivity (Wildman–Crippen MR) is 145 cm³/mol. The maximum atomic E-state index is 13.0. The number of pyridine rings is 1. The number of carbonyl (C=O) groups is 2.